The highest BCUT2D eigenvalue weighted by Gasteiger charge is 2.00. The van der Waals surface area contributed by atoms with Gasteiger partial charge in [0.15, 0.2) is 0 Å². The van der Waals surface area contributed by atoms with Crippen LogP contribution in [0.2, 0.25) is 0 Å². The first kappa shape index (κ1) is 24.7. The third-order valence-corrected chi connectivity index (χ3v) is 5.00. The van der Waals surface area contributed by atoms with E-state index in [-0.39, 0.29) is 5.91 Å². The Morgan fingerprint density at radius 1 is 0.640 bits per heavy atom. The molecule has 0 bridgehead atoms. The maximum absolute atomic E-state index is 11.4. The Hall–Kier alpha value is -0.330. The average Bonchev–Trinajstić information content (AvgIpc) is 2.59. The fourth-order valence-corrected chi connectivity index (χ4v) is 3.23. The Bertz CT molecular complexity index is 324. The summed E-state index contributed by atoms with van der Waals surface area (Å²) in [6.45, 7) is 0.796. The minimum absolute atomic E-state index is 0.207. The molecule has 148 valence electrons. The molecule has 0 radical (unpaired) electrons. The van der Waals surface area contributed by atoms with Gasteiger partial charge in [0.25, 0.3) is 0 Å². The zero-order valence-corrected chi connectivity index (χ0v) is 18.0. The second kappa shape index (κ2) is 20.0. The van der Waals surface area contributed by atoms with E-state index in [0.717, 1.165) is 30.2 Å². The summed E-state index contributed by atoms with van der Waals surface area (Å²) in [5.74, 6) is -0.462. The highest BCUT2D eigenvalue weighted by molar-refractivity contribution is 14.1. The molecule has 0 heterocycles. The molecule has 0 saturated carbocycles. The van der Waals surface area contributed by atoms with Gasteiger partial charge in [0.2, 0.25) is 5.91 Å². The van der Waals surface area contributed by atoms with Crippen LogP contribution in [-0.2, 0) is 9.59 Å². The first-order valence-corrected chi connectivity index (χ1v) is 11.7. The fraction of sp³-hybridized carbons (Fsp3) is 0.900. The van der Waals surface area contributed by atoms with Crippen molar-refractivity contribution in [2.45, 2.75) is 103 Å². The Kier molecular flexibility index (Phi) is 19.7. The molecule has 5 heteroatoms. The number of nitrogens with one attached hydrogen (secondary N) is 1. The van der Waals surface area contributed by atoms with Gasteiger partial charge < -0.3 is 10.4 Å². The third-order valence-electron chi connectivity index (χ3n) is 4.46. The summed E-state index contributed by atoms with van der Waals surface area (Å²) in [4.78, 5) is 21.8. The number of rotatable bonds is 19. The number of hydrogen-bond donors (Lipinski definition) is 2. The zero-order chi connectivity index (χ0) is 18.6. The summed E-state index contributed by atoms with van der Waals surface area (Å²) in [5.41, 5.74) is 0. The molecule has 0 fully saturated rings. The Morgan fingerprint density at radius 3 is 1.36 bits per heavy atom. The van der Waals surface area contributed by atoms with E-state index < -0.39 is 5.97 Å². The fourth-order valence-electron chi connectivity index (χ4n) is 2.96. The van der Waals surface area contributed by atoms with Crippen LogP contribution in [0.1, 0.15) is 103 Å². The molecule has 0 atom stereocenters. The molecule has 0 aromatic rings. The van der Waals surface area contributed by atoms with Gasteiger partial charge >= 0.3 is 5.97 Å². The largest absolute Gasteiger partial charge is 0.481 e. The lowest BCUT2D eigenvalue weighted by Gasteiger charge is -2.04. The van der Waals surface area contributed by atoms with Gasteiger partial charge in [0.05, 0.1) is 0 Å². The van der Waals surface area contributed by atoms with Gasteiger partial charge in [-0.25, -0.2) is 0 Å². The third kappa shape index (κ3) is 21.6. The summed E-state index contributed by atoms with van der Waals surface area (Å²) in [7, 11) is 0. The van der Waals surface area contributed by atoms with Gasteiger partial charge in [-0.1, -0.05) is 99.6 Å². The molecule has 0 saturated heterocycles. The van der Waals surface area contributed by atoms with Crippen molar-refractivity contribution in [2.24, 2.45) is 0 Å². The van der Waals surface area contributed by atoms with Crippen molar-refractivity contribution in [2.75, 3.05) is 11.0 Å². The average molecular weight is 467 g/mol. The van der Waals surface area contributed by atoms with Crippen LogP contribution in [0.25, 0.3) is 0 Å². The number of halogens is 1. The minimum atomic E-state index is -0.669. The highest BCUT2D eigenvalue weighted by atomic mass is 127. The molecule has 0 rings (SSSR count). The van der Waals surface area contributed by atoms with E-state index in [4.69, 9.17) is 5.11 Å². The van der Waals surface area contributed by atoms with Crippen molar-refractivity contribution in [3.8, 4) is 0 Å². The summed E-state index contributed by atoms with van der Waals surface area (Å²) in [6, 6.07) is 0. The second-order valence-corrected chi connectivity index (χ2v) is 7.96. The molecule has 0 unspecified atom stereocenters. The van der Waals surface area contributed by atoms with Gasteiger partial charge in [-0.2, -0.15) is 0 Å². The molecular formula is C20H38INO3. The van der Waals surface area contributed by atoms with E-state index >= 15 is 0 Å². The van der Waals surface area contributed by atoms with Gasteiger partial charge in [-0.05, 0) is 12.8 Å². The van der Waals surface area contributed by atoms with Crippen molar-refractivity contribution in [1.29, 1.82) is 0 Å². The SMILES string of the molecule is O=C(O)CCCCCCCCCCCCCCCCC(=O)NCCI. The molecular weight excluding hydrogens is 429 g/mol. The molecule has 0 aromatic carbocycles. The monoisotopic (exact) mass is 467 g/mol. The molecule has 0 aliphatic heterocycles. The lowest BCUT2D eigenvalue weighted by atomic mass is 10.0. The molecule has 0 spiro atoms. The number of carbonyl (C=O) groups excluding carboxylic acids is 1. The summed E-state index contributed by atoms with van der Waals surface area (Å²) in [5, 5.41) is 11.5. The van der Waals surface area contributed by atoms with E-state index in [1.807, 2.05) is 0 Å². The van der Waals surface area contributed by atoms with Crippen LogP contribution < -0.4 is 5.32 Å². The van der Waals surface area contributed by atoms with Crippen LogP contribution in [-0.4, -0.2) is 28.0 Å². The summed E-state index contributed by atoms with van der Waals surface area (Å²) >= 11 is 2.27. The Labute approximate surface area is 168 Å². The number of unbranched alkanes of at least 4 members (excludes halogenated alkanes) is 13. The Balaban J connectivity index is 3.07. The molecule has 0 aliphatic carbocycles. The normalized spacial score (nSPS) is 10.8. The number of alkyl halides is 1. The van der Waals surface area contributed by atoms with Crippen LogP contribution in [0.3, 0.4) is 0 Å². The lowest BCUT2D eigenvalue weighted by molar-refractivity contribution is -0.137. The number of carboxylic acid groups (broad SMARTS) is 1. The predicted octanol–water partition coefficient (Wildman–Crippen LogP) is 5.86. The van der Waals surface area contributed by atoms with E-state index in [2.05, 4.69) is 27.9 Å². The number of hydrogen-bond acceptors (Lipinski definition) is 2. The Morgan fingerprint density at radius 2 is 1.00 bits per heavy atom. The number of aliphatic carboxylic acids is 1. The van der Waals surface area contributed by atoms with Crippen molar-refractivity contribution in [1.82, 2.24) is 5.32 Å². The topological polar surface area (TPSA) is 66.4 Å². The maximum Gasteiger partial charge on any atom is 0.303 e. The van der Waals surface area contributed by atoms with Crippen molar-refractivity contribution >= 4 is 34.5 Å². The van der Waals surface area contributed by atoms with E-state index in [9.17, 15) is 9.59 Å². The van der Waals surface area contributed by atoms with E-state index in [0.29, 0.717) is 12.8 Å². The summed E-state index contributed by atoms with van der Waals surface area (Å²) in [6.07, 6.45) is 18.1. The first-order chi connectivity index (χ1) is 12.2. The van der Waals surface area contributed by atoms with Crippen LogP contribution in [0.4, 0.5) is 0 Å². The smallest absolute Gasteiger partial charge is 0.303 e. The minimum Gasteiger partial charge on any atom is -0.481 e. The quantitative estimate of drug-likeness (QED) is 0.142. The van der Waals surface area contributed by atoms with Crippen LogP contribution >= 0.6 is 22.6 Å². The number of amides is 1. The predicted molar refractivity (Wildman–Crippen MR) is 113 cm³/mol. The van der Waals surface area contributed by atoms with E-state index in [1.54, 1.807) is 0 Å². The number of carbonyl (C=O) groups is 2. The molecule has 4 nitrogen and oxygen atoms in total. The van der Waals surface area contributed by atoms with Gasteiger partial charge in [-0.15, -0.1) is 0 Å². The summed E-state index contributed by atoms with van der Waals surface area (Å²) < 4.78 is 0.982. The first-order valence-electron chi connectivity index (χ1n) is 10.2. The van der Waals surface area contributed by atoms with Gasteiger partial charge in [0.1, 0.15) is 0 Å². The van der Waals surface area contributed by atoms with Crippen molar-refractivity contribution < 1.29 is 14.7 Å². The number of carboxylic acids is 1. The van der Waals surface area contributed by atoms with Crippen LogP contribution in [0.15, 0.2) is 0 Å². The maximum atomic E-state index is 11.4. The molecule has 2 N–H and O–H groups in total. The lowest BCUT2D eigenvalue weighted by Crippen LogP contribution is -2.24. The highest BCUT2D eigenvalue weighted by Crippen LogP contribution is 2.13. The van der Waals surface area contributed by atoms with Crippen LogP contribution in [0.5, 0.6) is 0 Å². The standard InChI is InChI=1S/C20H38INO3/c21-17-18-22-19(23)15-13-11-9-7-5-3-1-2-4-6-8-10-12-14-16-20(24)25/h1-18H2,(H,22,23)(H,24,25). The van der Waals surface area contributed by atoms with Crippen molar-refractivity contribution in [3.05, 3.63) is 0 Å². The second-order valence-electron chi connectivity index (χ2n) is 6.88. The molecule has 1 amide bonds. The van der Waals surface area contributed by atoms with Gasteiger partial charge in [0, 0.05) is 23.8 Å². The van der Waals surface area contributed by atoms with Gasteiger partial charge in [-0.3, -0.25) is 9.59 Å². The molecule has 0 aromatic heterocycles. The molecule has 25 heavy (non-hydrogen) atoms. The van der Waals surface area contributed by atoms with Crippen LogP contribution in [0, 0.1) is 0 Å². The zero-order valence-electron chi connectivity index (χ0n) is 15.9. The molecule has 0 aliphatic rings. The van der Waals surface area contributed by atoms with Crippen molar-refractivity contribution in [3.63, 3.8) is 0 Å². The van der Waals surface area contributed by atoms with E-state index in [1.165, 1.54) is 70.6 Å².